The van der Waals surface area contributed by atoms with E-state index in [1.54, 1.807) is 0 Å². The third-order valence-electron chi connectivity index (χ3n) is 2.06. The zero-order chi connectivity index (χ0) is 9.52. The number of aryl methyl sites for hydroxylation is 1. The molecule has 0 aliphatic carbocycles. The summed E-state index contributed by atoms with van der Waals surface area (Å²) in [6, 6.07) is 8.58. The van der Waals surface area contributed by atoms with Crippen molar-refractivity contribution in [3.63, 3.8) is 0 Å². The Kier molecular flexibility index (Phi) is 5.09. The van der Waals surface area contributed by atoms with Gasteiger partial charge in [0, 0.05) is 4.47 Å². The maximum atomic E-state index is 3.43. The molecule has 13 heavy (non-hydrogen) atoms. The molecule has 1 aromatic carbocycles. The average molecular weight is 242 g/mol. The SMILES string of the molecule is CNCCCCc1ccc(Br)cc1. The van der Waals surface area contributed by atoms with Crippen LogP contribution in [0.3, 0.4) is 0 Å². The number of halogens is 1. The van der Waals surface area contributed by atoms with E-state index >= 15 is 0 Å². The van der Waals surface area contributed by atoms with Crippen LogP contribution in [0.1, 0.15) is 18.4 Å². The van der Waals surface area contributed by atoms with Gasteiger partial charge in [-0.05, 0) is 50.6 Å². The lowest BCUT2D eigenvalue weighted by Gasteiger charge is -2.01. The highest BCUT2D eigenvalue weighted by atomic mass is 79.9. The fourth-order valence-corrected chi connectivity index (χ4v) is 1.55. The molecule has 2 heteroatoms. The smallest absolute Gasteiger partial charge is 0.0175 e. The van der Waals surface area contributed by atoms with Crippen LogP contribution in [0.15, 0.2) is 28.7 Å². The first-order chi connectivity index (χ1) is 6.33. The molecule has 1 aromatic rings. The second kappa shape index (κ2) is 6.17. The van der Waals surface area contributed by atoms with Crippen molar-refractivity contribution in [2.75, 3.05) is 13.6 Å². The highest BCUT2D eigenvalue weighted by Crippen LogP contribution is 2.12. The average Bonchev–Trinajstić information content (AvgIpc) is 2.15. The Labute approximate surface area is 88.7 Å². The van der Waals surface area contributed by atoms with Gasteiger partial charge in [-0.2, -0.15) is 0 Å². The maximum Gasteiger partial charge on any atom is 0.0175 e. The lowest BCUT2D eigenvalue weighted by atomic mass is 10.1. The van der Waals surface area contributed by atoms with E-state index in [1.807, 2.05) is 7.05 Å². The van der Waals surface area contributed by atoms with Crippen LogP contribution in [-0.4, -0.2) is 13.6 Å². The molecule has 0 spiro atoms. The van der Waals surface area contributed by atoms with Gasteiger partial charge in [-0.15, -0.1) is 0 Å². The summed E-state index contributed by atoms with van der Waals surface area (Å²) in [6.45, 7) is 1.12. The van der Waals surface area contributed by atoms with E-state index in [0.29, 0.717) is 0 Å². The molecule has 0 radical (unpaired) electrons. The van der Waals surface area contributed by atoms with Crippen LogP contribution in [0.5, 0.6) is 0 Å². The molecule has 0 fully saturated rings. The Bertz CT molecular complexity index is 230. The summed E-state index contributed by atoms with van der Waals surface area (Å²) in [5.74, 6) is 0. The molecule has 1 nitrogen and oxygen atoms in total. The molecule has 0 heterocycles. The Hall–Kier alpha value is -0.340. The predicted molar refractivity (Wildman–Crippen MR) is 61.0 cm³/mol. The molecule has 0 unspecified atom stereocenters. The third-order valence-corrected chi connectivity index (χ3v) is 2.58. The molecule has 0 saturated carbocycles. The second-order valence-electron chi connectivity index (χ2n) is 3.19. The third kappa shape index (κ3) is 4.44. The van der Waals surface area contributed by atoms with E-state index < -0.39 is 0 Å². The molecule has 0 aliphatic heterocycles. The van der Waals surface area contributed by atoms with Crippen LogP contribution in [0.2, 0.25) is 0 Å². The molecule has 0 saturated heterocycles. The lowest BCUT2D eigenvalue weighted by Crippen LogP contribution is -2.07. The standard InChI is InChI=1S/C11H16BrN/c1-13-9-3-2-4-10-5-7-11(12)8-6-10/h5-8,13H,2-4,9H2,1H3. The summed E-state index contributed by atoms with van der Waals surface area (Å²) in [5, 5.41) is 3.16. The zero-order valence-corrected chi connectivity index (χ0v) is 9.60. The molecule has 0 aliphatic rings. The van der Waals surface area contributed by atoms with Crippen LogP contribution in [0.4, 0.5) is 0 Å². The Morgan fingerprint density at radius 2 is 1.85 bits per heavy atom. The largest absolute Gasteiger partial charge is 0.320 e. The monoisotopic (exact) mass is 241 g/mol. The van der Waals surface area contributed by atoms with Crippen molar-refractivity contribution in [3.05, 3.63) is 34.3 Å². The fourth-order valence-electron chi connectivity index (χ4n) is 1.28. The fraction of sp³-hybridized carbons (Fsp3) is 0.455. The van der Waals surface area contributed by atoms with Gasteiger partial charge in [-0.3, -0.25) is 0 Å². The molecular weight excluding hydrogens is 226 g/mol. The molecule has 0 amide bonds. The van der Waals surface area contributed by atoms with Crippen molar-refractivity contribution in [1.82, 2.24) is 5.32 Å². The minimum atomic E-state index is 1.12. The van der Waals surface area contributed by atoms with E-state index in [0.717, 1.165) is 11.0 Å². The van der Waals surface area contributed by atoms with Crippen LogP contribution < -0.4 is 5.32 Å². The Morgan fingerprint density at radius 1 is 1.15 bits per heavy atom. The van der Waals surface area contributed by atoms with Gasteiger partial charge in [0.1, 0.15) is 0 Å². The number of rotatable bonds is 5. The molecule has 0 bridgehead atoms. The van der Waals surface area contributed by atoms with Crippen molar-refractivity contribution >= 4 is 15.9 Å². The number of unbranched alkanes of at least 4 members (excludes halogenated alkanes) is 1. The predicted octanol–water partition coefficient (Wildman–Crippen LogP) is 2.99. The molecule has 1 rings (SSSR count). The summed E-state index contributed by atoms with van der Waals surface area (Å²) in [4.78, 5) is 0. The topological polar surface area (TPSA) is 12.0 Å². The van der Waals surface area contributed by atoms with Crippen molar-refractivity contribution in [2.24, 2.45) is 0 Å². The van der Waals surface area contributed by atoms with Crippen molar-refractivity contribution in [1.29, 1.82) is 0 Å². The summed E-state index contributed by atoms with van der Waals surface area (Å²) in [7, 11) is 2.00. The van der Waals surface area contributed by atoms with Gasteiger partial charge in [-0.1, -0.05) is 28.1 Å². The van der Waals surface area contributed by atoms with Gasteiger partial charge >= 0.3 is 0 Å². The van der Waals surface area contributed by atoms with Crippen LogP contribution in [0.25, 0.3) is 0 Å². The first-order valence-corrected chi connectivity index (χ1v) is 5.51. The van der Waals surface area contributed by atoms with Crippen LogP contribution in [0, 0.1) is 0 Å². The lowest BCUT2D eigenvalue weighted by molar-refractivity contribution is 0.677. The van der Waals surface area contributed by atoms with Gasteiger partial charge in [-0.25, -0.2) is 0 Å². The number of hydrogen-bond acceptors (Lipinski definition) is 1. The minimum absolute atomic E-state index is 1.12. The summed E-state index contributed by atoms with van der Waals surface area (Å²) in [6.07, 6.45) is 3.71. The van der Waals surface area contributed by atoms with Gasteiger partial charge in [0.05, 0.1) is 0 Å². The van der Waals surface area contributed by atoms with E-state index in [9.17, 15) is 0 Å². The van der Waals surface area contributed by atoms with Crippen molar-refractivity contribution in [2.45, 2.75) is 19.3 Å². The van der Waals surface area contributed by atoms with Gasteiger partial charge in [0.2, 0.25) is 0 Å². The number of hydrogen-bond donors (Lipinski definition) is 1. The van der Waals surface area contributed by atoms with Crippen LogP contribution >= 0.6 is 15.9 Å². The summed E-state index contributed by atoms with van der Waals surface area (Å²) in [5.41, 5.74) is 1.43. The number of benzene rings is 1. The highest BCUT2D eigenvalue weighted by Gasteiger charge is 1.92. The van der Waals surface area contributed by atoms with E-state index in [2.05, 4.69) is 45.5 Å². The maximum absolute atomic E-state index is 3.43. The quantitative estimate of drug-likeness (QED) is 0.782. The van der Waals surface area contributed by atoms with Crippen molar-refractivity contribution in [3.8, 4) is 0 Å². The minimum Gasteiger partial charge on any atom is -0.320 e. The molecule has 1 N–H and O–H groups in total. The van der Waals surface area contributed by atoms with E-state index in [4.69, 9.17) is 0 Å². The van der Waals surface area contributed by atoms with Gasteiger partial charge in [0.25, 0.3) is 0 Å². The van der Waals surface area contributed by atoms with E-state index in [1.165, 1.54) is 24.8 Å². The Balaban J connectivity index is 2.25. The summed E-state index contributed by atoms with van der Waals surface area (Å²) < 4.78 is 1.16. The first kappa shape index (κ1) is 10.7. The molecule has 0 atom stereocenters. The van der Waals surface area contributed by atoms with Gasteiger partial charge < -0.3 is 5.32 Å². The molecule has 0 aromatic heterocycles. The van der Waals surface area contributed by atoms with Crippen LogP contribution in [-0.2, 0) is 6.42 Å². The second-order valence-corrected chi connectivity index (χ2v) is 4.10. The highest BCUT2D eigenvalue weighted by molar-refractivity contribution is 9.10. The Morgan fingerprint density at radius 3 is 2.46 bits per heavy atom. The first-order valence-electron chi connectivity index (χ1n) is 4.72. The summed E-state index contributed by atoms with van der Waals surface area (Å²) >= 11 is 3.43. The van der Waals surface area contributed by atoms with Gasteiger partial charge in [0.15, 0.2) is 0 Å². The molecular formula is C11H16BrN. The normalized spacial score (nSPS) is 10.3. The zero-order valence-electron chi connectivity index (χ0n) is 8.02. The molecule has 72 valence electrons. The van der Waals surface area contributed by atoms with Crippen molar-refractivity contribution < 1.29 is 0 Å². The number of nitrogens with one attached hydrogen (secondary N) is 1. The van der Waals surface area contributed by atoms with E-state index in [-0.39, 0.29) is 0 Å².